The molecular weight excluding hydrogens is 258 g/mol. The maximum Gasteiger partial charge on any atom is 0.185 e. The van der Waals surface area contributed by atoms with Gasteiger partial charge in [-0.25, -0.2) is 4.98 Å². The summed E-state index contributed by atoms with van der Waals surface area (Å²) in [6.45, 7) is 8.64. The molecule has 1 saturated heterocycles. The average Bonchev–Trinajstić information content (AvgIpc) is 2.94. The Balaban J connectivity index is 2.21. The maximum atomic E-state index is 9.52. The van der Waals surface area contributed by atoms with Gasteiger partial charge in [0.2, 0.25) is 0 Å². The van der Waals surface area contributed by atoms with E-state index in [-0.39, 0.29) is 12.0 Å². The zero-order valence-electron chi connectivity index (χ0n) is 12.6. The summed E-state index contributed by atoms with van der Waals surface area (Å²) in [5.41, 5.74) is 1.04. The summed E-state index contributed by atoms with van der Waals surface area (Å²) in [5.74, 6) is 0. The Morgan fingerprint density at radius 3 is 2.53 bits per heavy atom. The molecule has 0 bridgehead atoms. The number of nitrogens with zero attached hydrogens (tertiary/aromatic N) is 3. The van der Waals surface area contributed by atoms with Gasteiger partial charge in [-0.2, -0.15) is 0 Å². The molecule has 108 valence electrons. The van der Waals surface area contributed by atoms with Crippen LogP contribution in [0.3, 0.4) is 0 Å². The van der Waals surface area contributed by atoms with Gasteiger partial charge in [-0.1, -0.05) is 32.1 Å². The molecule has 2 rings (SSSR count). The van der Waals surface area contributed by atoms with E-state index in [1.807, 2.05) is 0 Å². The van der Waals surface area contributed by atoms with Gasteiger partial charge in [0, 0.05) is 24.5 Å². The molecular formula is C14H25N3OS. The van der Waals surface area contributed by atoms with Gasteiger partial charge in [0.05, 0.1) is 17.2 Å². The fraction of sp³-hybridized carbons (Fsp3) is 0.786. The van der Waals surface area contributed by atoms with E-state index in [2.05, 4.69) is 44.7 Å². The molecule has 0 aliphatic carbocycles. The van der Waals surface area contributed by atoms with Crippen LogP contribution in [-0.2, 0) is 12.0 Å². The van der Waals surface area contributed by atoms with E-state index in [1.54, 1.807) is 11.3 Å². The standard InChI is InChI=1S/C14H25N3OS/c1-14(2,3)12-11(9-18)19-13(15-12)17-7-6-10(8-17)16(4)5/h10,18H,6-9H2,1-5H3. The number of aliphatic hydroxyl groups excluding tert-OH is 1. The Hall–Kier alpha value is -0.650. The second-order valence-electron chi connectivity index (χ2n) is 6.53. The molecule has 2 heterocycles. The predicted octanol–water partition coefficient (Wildman–Crippen LogP) is 2.07. The molecule has 1 aromatic rings. The molecule has 1 aliphatic rings. The topological polar surface area (TPSA) is 39.6 Å². The predicted molar refractivity (Wildman–Crippen MR) is 81.0 cm³/mol. The van der Waals surface area contributed by atoms with Crippen molar-refractivity contribution in [3.63, 3.8) is 0 Å². The lowest BCUT2D eigenvalue weighted by Gasteiger charge is -2.20. The summed E-state index contributed by atoms with van der Waals surface area (Å²) < 4.78 is 0. The van der Waals surface area contributed by atoms with E-state index in [9.17, 15) is 5.11 Å². The molecule has 5 heteroatoms. The van der Waals surface area contributed by atoms with E-state index < -0.39 is 0 Å². The molecule has 4 nitrogen and oxygen atoms in total. The van der Waals surface area contributed by atoms with Crippen molar-refractivity contribution in [3.8, 4) is 0 Å². The lowest BCUT2D eigenvalue weighted by Crippen LogP contribution is -2.31. The van der Waals surface area contributed by atoms with Crippen LogP contribution in [0.5, 0.6) is 0 Å². The third kappa shape index (κ3) is 3.09. The van der Waals surface area contributed by atoms with E-state index in [0.29, 0.717) is 6.04 Å². The van der Waals surface area contributed by atoms with E-state index in [4.69, 9.17) is 4.98 Å². The second-order valence-corrected chi connectivity index (χ2v) is 7.59. The van der Waals surface area contributed by atoms with Crippen LogP contribution in [0.1, 0.15) is 37.8 Å². The summed E-state index contributed by atoms with van der Waals surface area (Å²) in [6.07, 6.45) is 1.19. The van der Waals surface area contributed by atoms with Gasteiger partial charge >= 0.3 is 0 Å². The molecule has 1 aromatic heterocycles. The highest BCUT2D eigenvalue weighted by molar-refractivity contribution is 7.15. The van der Waals surface area contributed by atoms with Crippen LogP contribution >= 0.6 is 11.3 Å². The largest absolute Gasteiger partial charge is 0.391 e. The van der Waals surface area contributed by atoms with Crippen molar-refractivity contribution in [3.05, 3.63) is 10.6 Å². The summed E-state index contributed by atoms with van der Waals surface area (Å²) >= 11 is 1.64. The Kier molecular flexibility index (Phi) is 4.18. The van der Waals surface area contributed by atoms with Crippen molar-refractivity contribution in [2.75, 3.05) is 32.1 Å². The van der Waals surface area contributed by atoms with Gasteiger partial charge in [-0.15, -0.1) is 0 Å². The van der Waals surface area contributed by atoms with Gasteiger partial charge in [0.15, 0.2) is 5.13 Å². The molecule has 0 amide bonds. The molecule has 1 atom stereocenters. The first kappa shape index (κ1) is 14.8. The molecule has 19 heavy (non-hydrogen) atoms. The molecule has 0 radical (unpaired) electrons. The number of likely N-dealkylation sites (N-methyl/N-ethyl adjacent to an activating group) is 1. The third-order valence-electron chi connectivity index (χ3n) is 3.70. The second kappa shape index (κ2) is 5.38. The molecule has 1 N–H and O–H groups in total. The minimum atomic E-state index is -0.00646. The fourth-order valence-corrected chi connectivity index (χ4v) is 3.67. The Labute approximate surface area is 120 Å². The van der Waals surface area contributed by atoms with Crippen LogP contribution in [0.2, 0.25) is 0 Å². The summed E-state index contributed by atoms with van der Waals surface area (Å²) in [6, 6.07) is 0.611. The molecule has 1 aliphatic heterocycles. The van der Waals surface area contributed by atoms with Crippen molar-refractivity contribution in [1.29, 1.82) is 0 Å². The summed E-state index contributed by atoms with van der Waals surface area (Å²) in [7, 11) is 4.27. The maximum absolute atomic E-state index is 9.52. The van der Waals surface area contributed by atoms with Crippen LogP contribution < -0.4 is 4.90 Å². The van der Waals surface area contributed by atoms with E-state index >= 15 is 0 Å². The number of aromatic nitrogens is 1. The molecule has 1 unspecified atom stereocenters. The van der Waals surface area contributed by atoms with Gasteiger partial charge in [-0.3, -0.25) is 0 Å². The van der Waals surface area contributed by atoms with Crippen molar-refractivity contribution in [2.45, 2.75) is 45.3 Å². The number of hydrogen-bond donors (Lipinski definition) is 1. The zero-order chi connectivity index (χ0) is 14.2. The number of anilines is 1. The number of hydrogen-bond acceptors (Lipinski definition) is 5. The number of rotatable bonds is 3. The van der Waals surface area contributed by atoms with Crippen molar-refractivity contribution in [1.82, 2.24) is 9.88 Å². The van der Waals surface area contributed by atoms with Gasteiger partial charge in [-0.05, 0) is 20.5 Å². The van der Waals surface area contributed by atoms with Crippen molar-refractivity contribution in [2.24, 2.45) is 0 Å². The van der Waals surface area contributed by atoms with Crippen LogP contribution in [0, 0.1) is 0 Å². The van der Waals surface area contributed by atoms with Crippen LogP contribution in [0.25, 0.3) is 0 Å². The van der Waals surface area contributed by atoms with E-state index in [0.717, 1.165) is 28.8 Å². The minimum Gasteiger partial charge on any atom is -0.391 e. The van der Waals surface area contributed by atoms with E-state index in [1.165, 1.54) is 6.42 Å². The molecule has 0 aromatic carbocycles. The molecule has 0 saturated carbocycles. The first-order valence-electron chi connectivity index (χ1n) is 6.85. The van der Waals surface area contributed by atoms with Crippen molar-refractivity contribution < 1.29 is 5.11 Å². The number of aliphatic hydroxyl groups is 1. The average molecular weight is 283 g/mol. The summed E-state index contributed by atoms with van der Waals surface area (Å²) in [4.78, 5) is 10.4. The van der Waals surface area contributed by atoms with Crippen LogP contribution in [0.15, 0.2) is 0 Å². The first-order chi connectivity index (χ1) is 8.82. The Morgan fingerprint density at radius 2 is 2.11 bits per heavy atom. The number of thiazole rings is 1. The lowest BCUT2D eigenvalue weighted by atomic mass is 9.91. The van der Waals surface area contributed by atoms with Gasteiger partial charge in [0.1, 0.15) is 0 Å². The minimum absolute atomic E-state index is 0.00646. The highest BCUT2D eigenvalue weighted by Crippen LogP contribution is 2.35. The monoisotopic (exact) mass is 283 g/mol. The van der Waals surface area contributed by atoms with Crippen LogP contribution in [-0.4, -0.2) is 48.2 Å². The van der Waals surface area contributed by atoms with Crippen LogP contribution in [0.4, 0.5) is 5.13 Å². The zero-order valence-corrected chi connectivity index (χ0v) is 13.4. The van der Waals surface area contributed by atoms with Crippen molar-refractivity contribution >= 4 is 16.5 Å². The molecule has 0 spiro atoms. The van der Waals surface area contributed by atoms with Gasteiger partial charge < -0.3 is 14.9 Å². The highest BCUT2D eigenvalue weighted by Gasteiger charge is 2.29. The third-order valence-corrected chi connectivity index (χ3v) is 4.81. The van der Waals surface area contributed by atoms with Gasteiger partial charge in [0.25, 0.3) is 0 Å². The smallest absolute Gasteiger partial charge is 0.185 e. The highest BCUT2D eigenvalue weighted by atomic mass is 32.1. The Bertz CT molecular complexity index is 436. The normalized spacial score (nSPS) is 20.6. The molecule has 1 fully saturated rings. The first-order valence-corrected chi connectivity index (χ1v) is 7.67. The quantitative estimate of drug-likeness (QED) is 0.922. The SMILES string of the molecule is CN(C)C1CCN(c2nc(C(C)(C)C)c(CO)s2)C1. The Morgan fingerprint density at radius 1 is 1.42 bits per heavy atom. The summed E-state index contributed by atoms with van der Waals surface area (Å²) in [5, 5.41) is 10.6. The lowest BCUT2D eigenvalue weighted by molar-refractivity contribution is 0.282. The fourth-order valence-electron chi connectivity index (χ4n) is 2.50.